The van der Waals surface area contributed by atoms with Crippen molar-refractivity contribution in [1.29, 1.82) is 5.26 Å². The number of halogens is 1. The second-order valence-corrected chi connectivity index (χ2v) is 11.5. The largest absolute Gasteiger partial charge is 0.486 e. The van der Waals surface area contributed by atoms with Gasteiger partial charge in [0.2, 0.25) is 5.95 Å². The van der Waals surface area contributed by atoms with Crippen molar-refractivity contribution in [2.75, 3.05) is 31.6 Å². The average molecular weight is 575 g/mol. The number of amides is 1. The number of rotatable bonds is 6. The van der Waals surface area contributed by atoms with Crippen LogP contribution in [0.2, 0.25) is 0 Å². The summed E-state index contributed by atoms with van der Waals surface area (Å²) < 4.78 is 31.7. The summed E-state index contributed by atoms with van der Waals surface area (Å²) in [5.74, 6) is 1.52. The van der Waals surface area contributed by atoms with Crippen molar-refractivity contribution in [3.05, 3.63) is 59.9 Å². The molecule has 0 saturated carbocycles. The van der Waals surface area contributed by atoms with Crippen LogP contribution >= 0.6 is 0 Å². The number of alkyl halides is 1. The molecule has 42 heavy (non-hydrogen) atoms. The van der Waals surface area contributed by atoms with Crippen molar-refractivity contribution in [3.8, 4) is 23.2 Å². The first kappa shape index (κ1) is 29.2. The minimum Gasteiger partial charge on any atom is -0.486 e. The molecule has 2 aromatic carbocycles. The van der Waals surface area contributed by atoms with Crippen LogP contribution in [-0.4, -0.2) is 70.1 Å². The highest BCUT2D eigenvalue weighted by Crippen LogP contribution is 2.30. The topological polar surface area (TPSA) is 122 Å². The van der Waals surface area contributed by atoms with Crippen LogP contribution < -0.4 is 10.1 Å². The smallest absolute Gasteiger partial charge is 0.410 e. The number of carbonyl (C=O) groups excluding carboxylic acids is 1. The fourth-order valence-electron chi connectivity index (χ4n) is 5.02. The molecule has 2 fully saturated rings. The Morgan fingerprint density at radius 2 is 1.88 bits per heavy atom. The molecule has 2 atom stereocenters. The lowest BCUT2D eigenvalue weighted by Crippen LogP contribution is -2.50. The van der Waals surface area contributed by atoms with E-state index in [0.717, 1.165) is 31.7 Å². The maximum atomic E-state index is 15.0. The number of nitriles is 1. The molecule has 2 aliphatic heterocycles. The molecule has 1 unspecified atom stereocenters. The summed E-state index contributed by atoms with van der Waals surface area (Å²) in [6.45, 7) is 7.04. The highest BCUT2D eigenvalue weighted by molar-refractivity contribution is 5.68. The Bertz CT molecular complexity index is 1430. The lowest BCUT2D eigenvalue weighted by atomic mass is 9.92. The van der Waals surface area contributed by atoms with E-state index in [1.165, 1.54) is 16.8 Å². The molecule has 2 saturated heterocycles. The number of carbonyl (C=O) groups is 1. The van der Waals surface area contributed by atoms with Gasteiger partial charge >= 0.3 is 6.09 Å². The van der Waals surface area contributed by atoms with E-state index in [9.17, 15) is 10.1 Å². The fourth-order valence-corrected chi connectivity index (χ4v) is 5.02. The van der Waals surface area contributed by atoms with Crippen LogP contribution in [0, 0.1) is 11.3 Å². The number of aromatic nitrogens is 3. The number of nitrogens with zero attached hydrogens (tertiary/aromatic N) is 5. The average Bonchev–Trinajstić information content (AvgIpc) is 2.98. The first-order valence-electron chi connectivity index (χ1n) is 14.2. The van der Waals surface area contributed by atoms with Crippen LogP contribution in [0.15, 0.2) is 48.8 Å². The van der Waals surface area contributed by atoms with Gasteiger partial charge in [-0.05, 0) is 75.4 Å². The van der Waals surface area contributed by atoms with E-state index in [2.05, 4.69) is 38.5 Å². The van der Waals surface area contributed by atoms with E-state index >= 15 is 4.39 Å². The van der Waals surface area contributed by atoms with Crippen LogP contribution in [0.3, 0.4) is 0 Å². The number of anilines is 2. The predicted octanol–water partition coefficient (Wildman–Crippen LogP) is 5.77. The molecule has 3 heterocycles. The number of benzene rings is 2. The molecule has 0 radical (unpaired) electrons. The maximum absolute atomic E-state index is 15.0. The second kappa shape index (κ2) is 12.7. The van der Waals surface area contributed by atoms with Crippen molar-refractivity contribution < 1.29 is 23.4 Å². The van der Waals surface area contributed by atoms with Crippen molar-refractivity contribution in [2.24, 2.45) is 0 Å². The highest BCUT2D eigenvalue weighted by Gasteiger charge is 2.35. The lowest BCUT2D eigenvalue weighted by Gasteiger charge is -2.35. The monoisotopic (exact) mass is 574 g/mol. The summed E-state index contributed by atoms with van der Waals surface area (Å²) in [5, 5.41) is 13.0. The normalized spacial score (nSPS) is 19.5. The quantitative estimate of drug-likeness (QED) is 0.391. The summed E-state index contributed by atoms with van der Waals surface area (Å²) >= 11 is 0. The number of ether oxygens (including phenoxy) is 3. The standard InChI is InChI=1S/C31H35FN6O4/c1-31(2,3)42-30(39)38-13-10-27(25(32)18-38)41-26-9-6-22(16-23(26)17-33)28-34-19-35-29(37-28)36-24-7-4-20(5-8-24)21-11-14-40-15-12-21/h4-9,16,19,21,25,27H,10-15,18H2,1-3H3,(H,34,35,36,37)/t25?,27-/m0/s1. The van der Waals surface area contributed by atoms with Gasteiger partial charge in [-0.3, -0.25) is 0 Å². The van der Waals surface area contributed by atoms with Crippen molar-refractivity contribution in [1.82, 2.24) is 19.9 Å². The summed E-state index contributed by atoms with van der Waals surface area (Å²) in [5.41, 5.74) is 2.30. The van der Waals surface area contributed by atoms with Gasteiger partial charge in [0.15, 0.2) is 12.0 Å². The van der Waals surface area contributed by atoms with Crippen LogP contribution in [0.5, 0.6) is 5.75 Å². The van der Waals surface area contributed by atoms with Gasteiger partial charge in [0.1, 0.15) is 29.9 Å². The van der Waals surface area contributed by atoms with Gasteiger partial charge in [0.25, 0.3) is 0 Å². The first-order chi connectivity index (χ1) is 20.2. The molecule has 1 N–H and O–H groups in total. The molecule has 2 aliphatic rings. The third-order valence-electron chi connectivity index (χ3n) is 7.20. The third-order valence-corrected chi connectivity index (χ3v) is 7.20. The zero-order valence-electron chi connectivity index (χ0n) is 24.0. The number of hydrogen-bond donors (Lipinski definition) is 1. The molecule has 1 amide bonds. The van der Waals surface area contributed by atoms with Gasteiger partial charge in [0, 0.05) is 37.4 Å². The molecular formula is C31H35FN6O4. The Balaban J connectivity index is 1.23. The molecule has 0 aliphatic carbocycles. The molecule has 220 valence electrons. The second-order valence-electron chi connectivity index (χ2n) is 11.5. The minimum atomic E-state index is -1.43. The van der Waals surface area contributed by atoms with E-state index in [4.69, 9.17) is 14.2 Å². The Morgan fingerprint density at radius 1 is 1.12 bits per heavy atom. The van der Waals surface area contributed by atoms with Crippen LogP contribution in [0.1, 0.15) is 57.1 Å². The Kier molecular flexibility index (Phi) is 8.83. The van der Waals surface area contributed by atoms with Gasteiger partial charge in [0.05, 0.1) is 12.1 Å². The predicted molar refractivity (Wildman–Crippen MR) is 154 cm³/mol. The Labute approximate surface area is 244 Å². The third kappa shape index (κ3) is 7.31. The fraction of sp³-hybridized carbons (Fsp3) is 0.452. The summed E-state index contributed by atoms with van der Waals surface area (Å²) in [4.78, 5) is 26.7. The molecule has 0 spiro atoms. The molecule has 5 rings (SSSR count). The summed E-state index contributed by atoms with van der Waals surface area (Å²) in [6, 6.07) is 15.3. The molecular weight excluding hydrogens is 539 g/mol. The molecule has 11 heteroatoms. The van der Waals surface area contributed by atoms with E-state index in [1.807, 2.05) is 12.1 Å². The number of likely N-dealkylation sites (tertiary alicyclic amines) is 1. The van der Waals surface area contributed by atoms with Crippen LogP contribution in [0.25, 0.3) is 11.4 Å². The van der Waals surface area contributed by atoms with Gasteiger partial charge in [-0.2, -0.15) is 10.2 Å². The highest BCUT2D eigenvalue weighted by atomic mass is 19.1. The van der Waals surface area contributed by atoms with Crippen molar-refractivity contribution >= 4 is 17.7 Å². The van der Waals surface area contributed by atoms with Crippen LogP contribution in [0.4, 0.5) is 20.8 Å². The zero-order chi connectivity index (χ0) is 29.7. The first-order valence-corrected chi connectivity index (χ1v) is 14.2. The van der Waals surface area contributed by atoms with E-state index in [0.29, 0.717) is 29.8 Å². The van der Waals surface area contributed by atoms with E-state index in [-0.39, 0.29) is 24.3 Å². The minimum absolute atomic E-state index is 0.140. The van der Waals surface area contributed by atoms with Crippen LogP contribution in [-0.2, 0) is 9.47 Å². The number of piperidine rings is 1. The van der Waals surface area contributed by atoms with Crippen molar-refractivity contribution in [3.63, 3.8) is 0 Å². The summed E-state index contributed by atoms with van der Waals surface area (Å²) in [6.07, 6.45) is 0.950. The Hall–Kier alpha value is -4.30. The van der Waals surface area contributed by atoms with Gasteiger partial charge < -0.3 is 24.4 Å². The summed E-state index contributed by atoms with van der Waals surface area (Å²) in [7, 11) is 0. The van der Waals surface area contributed by atoms with Crippen molar-refractivity contribution in [2.45, 2.75) is 63.8 Å². The Morgan fingerprint density at radius 3 is 2.57 bits per heavy atom. The number of hydrogen-bond acceptors (Lipinski definition) is 9. The van der Waals surface area contributed by atoms with E-state index < -0.39 is 24.0 Å². The molecule has 10 nitrogen and oxygen atoms in total. The van der Waals surface area contributed by atoms with Gasteiger partial charge in [-0.1, -0.05) is 12.1 Å². The molecule has 3 aromatic rings. The maximum Gasteiger partial charge on any atom is 0.410 e. The van der Waals surface area contributed by atoms with Gasteiger partial charge in [-0.25, -0.2) is 19.2 Å². The molecule has 1 aromatic heterocycles. The lowest BCUT2D eigenvalue weighted by molar-refractivity contribution is -0.0106. The van der Waals surface area contributed by atoms with E-state index in [1.54, 1.807) is 39.0 Å². The number of nitrogens with one attached hydrogen (secondary N) is 1. The zero-order valence-corrected chi connectivity index (χ0v) is 24.0. The SMILES string of the molecule is CC(C)(C)OC(=O)N1CC[C@H](Oc2ccc(-c3ncnc(Nc4ccc(C5CCOCC5)cc4)n3)cc2C#N)C(F)C1. The molecule has 0 bridgehead atoms. The van der Waals surface area contributed by atoms with Gasteiger partial charge in [-0.15, -0.1) is 0 Å².